The van der Waals surface area contributed by atoms with Gasteiger partial charge in [0.15, 0.2) is 0 Å². The van der Waals surface area contributed by atoms with Crippen LogP contribution in [0.15, 0.2) is 77.8 Å². The lowest BCUT2D eigenvalue weighted by Gasteiger charge is -2.04. The minimum Gasteiger partial charge on any atom is -0.423 e. The molecule has 0 saturated carbocycles. The van der Waals surface area contributed by atoms with Crippen LogP contribution in [0.3, 0.4) is 0 Å². The summed E-state index contributed by atoms with van der Waals surface area (Å²) in [5, 5.41) is 9.44. The van der Waals surface area contributed by atoms with E-state index in [9.17, 15) is 4.79 Å². The van der Waals surface area contributed by atoms with Crippen LogP contribution in [0.5, 0.6) is 5.75 Å². The molecule has 26 heavy (non-hydrogen) atoms. The van der Waals surface area contributed by atoms with Crippen molar-refractivity contribution in [1.82, 2.24) is 0 Å². The lowest BCUT2D eigenvalue weighted by Crippen LogP contribution is -2.08. The van der Waals surface area contributed by atoms with Gasteiger partial charge in [0.2, 0.25) is 0 Å². The molecule has 0 radical (unpaired) electrons. The number of hydrogen-bond donors (Lipinski definition) is 0. The van der Waals surface area contributed by atoms with Crippen LogP contribution < -0.4 is 4.74 Å². The summed E-state index contributed by atoms with van der Waals surface area (Å²) in [6, 6.07) is 22.5. The first-order valence-electron chi connectivity index (χ1n) is 7.76. The highest BCUT2D eigenvalue weighted by Crippen LogP contribution is 2.17. The molecule has 0 spiro atoms. The topological polar surface area (TPSA) is 62.4 Å². The van der Waals surface area contributed by atoms with Crippen LogP contribution in [0.1, 0.15) is 21.5 Å². The van der Waals surface area contributed by atoms with E-state index in [1.54, 1.807) is 66.9 Å². The van der Waals surface area contributed by atoms with Gasteiger partial charge in [-0.3, -0.25) is 4.99 Å². The molecular formula is C21H13ClN2O2. The highest BCUT2D eigenvalue weighted by atomic mass is 35.5. The summed E-state index contributed by atoms with van der Waals surface area (Å²) in [7, 11) is 0. The normalized spacial score (nSPS) is 10.5. The summed E-state index contributed by atoms with van der Waals surface area (Å²) in [4.78, 5) is 16.5. The third-order valence-electron chi connectivity index (χ3n) is 3.53. The number of benzene rings is 3. The molecule has 0 atom stereocenters. The van der Waals surface area contributed by atoms with Gasteiger partial charge in [0.25, 0.3) is 0 Å². The first-order valence-corrected chi connectivity index (χ1v) is 8.14. The second-order valence-electron chi connectivity index (χ2n) is 5.38. The number of hydrogen-bond acceptors (Lipinski definition) is 4. The Kier molecular flexibility index (Phi) is 5.43. The van der Waals surface area contributed by atoms with Gasteiger partial charge in [-0.2, -0.15) is 5.26 Å². The number of ether oxygens (including phenoxy) is 1. The number of carbonyl (C=O) groups excluding carboxylic acids is 1. The molecule has 126 valence electrons. The Hall–Kier alpha value is -3.42. The molecule has 5 heteroatoms. The summed E-state index contributed by atoms with van der Waals surface area (Å²) in [6.07, 6.45) is 1.72. The molecule has 0 unspecified atom stereocenters. The average molecular weight is 361 g/mol. The summed E-state index contributed by atoms with van der Waals surface area (Å²) >= 11 is 5.85. The fourth-order valence-electron chi connectivity index (χ4n) is 2.14. The van der Waals surface area contributed by atoms with Gasteiger partial charge in [-0.25, -0.2) is 4.79 Å². The zero-order valence-electron chi connectivity index (χ0n) is 13.6. The zero-order valence-corrected chi connectivity index (χ0v) is 14.4. The molecule has 0 saturated heterocycles. The molecule has 0 aliphatic rings. The van der Waals surface area contributed by atoms with Gasteiger partial charge in [0.1, 0.15) is 5.75 Å². The number of carbonyl (C=O) groups is 1. The molecular weight excluding hydrogens is 348 g/mol. The van der Waals surface area contributed by atoms with Crippen molar-refractivity contribution in [1.29, 1.82) is 5.26 Å². The van der Waals surface area contributed by atoms with Crippen molar-refractivity contribution >= 4 is 29.5 Å². The Bertz CT molecular complexity index is 971. The van der Waals surface area contributed by atoms with Gasteiger partial charge < -0.3 is 4.74 Å². The molecule has 3 aromatic carbocycles. The molecule has 4 nitrogen and oxygen atoms in total. The van der Waals surface area contributed by atoms with Crippen molar-refractivity contribution in [2.75, 3.05) is 0 Å². The first-order chi connectivity index (χ1) is 12.6. The maximum absolute atomic E-state index is 12.2. The summed E-state index contributed by atoms with van der Waals surface area (Å²) in [6.45, 7) is 0. The molecule has 0 fully saturated rings. The molecule has 0 amide bonds. The molecule has 0 N–H and O–H groups in total. The summed E-state index contributed by atoms with van der Waals surface area (Å²) in [5.74, 6) is -0.0817. The summed E-state index contributed by atoms with van der Waals surface area (Å²) < 4.78 is 5.28. The number of rotatable bonds is 4. The van der Waals surface area contributed by atoms with Crippen LogP contribution in [0.2, 0.25) is 5.02 Å². The molecule has 0 aliphatic carbocycles. The largest absolute Gasteiger partial charge is 0.423 e. The molecule has 0 aromatic heterocycles. The number of esters is 1. The maximum atomic E-state index is 12.2. The average Bonchev–Trinajstić information content (AvgIpc) is 2.68. The lowest BCUT2D eigenvalue weighted by molar-refractivity contribution is 0.0735. The summed E-state index contributed by atoms with van der Waals surface area (Å²) in [5.41, 5.74) is 2.57. The number of nitrogens with zero attached hydrogens (tertiary/aromatic N) is 2. The molecule has 0 aliphatic heterocycles. The Balaban J connectivity index is 1.65. The number of halogens is 1. The Morgan fingerprint density at radius 1 is 0.962 bits per heavy atom. The van der Waals surface area contributed by atoms with E-state index in [1.807, 2.05) is 18.2 Å². The van der Waals surface area contributed by atoms with E-state index in [0.717, 1.165) is 11.3 Å². The predicted octanol–water partition coefficient (Wildman–Crippen LogP) is 5.18. The van der Waals surface area contributed by atoms with Crippen LogP contribution in [0.4, 0.5) is 5.69 Å². The smallest absolute Gasteiger partial charge is 0.343 e. The van der Waals surface area contributed by atoms with Crippen molar-refractivity contribution in [2.24, 2.45) is 4.99 Å². The van der Waals surface area contributed by atoms with E-state index in [2.05, 4.69) is 4.99 Å². The fourth-order valence-corrected chi connectivity index (χ4v) is 2.27. The van der Waals surface area contributed by atoms with Gasteiger partial charge in [0, 0.05) is 11.2 Å². The minimum absolute atomic E-state index is 0.388. The van der Waals surface area contributed by atoms with E-state index < -0.39 is 5.97 Å². The van der Waals surface area contributed by atoms with Crippen molar-refractivity contribution in [2.45, 2.75) is 0 Å². The quantitative estimate of drug-likeness (QED) is 0.366. The van der Waals surface area contributed by atoms with Crippen LogP contribution in [-0.4, -0.2) is 12.2 Å². The molecule has 3 rings (SSSR count). The van der Waals surface area contributed by atoms with Gasteiger partial charge in [-0.15, -0.1) is 0 Å². The van der Waals surface area contributed by atoms with E-state index >= 15 is 0 Å². The third kappa shape index (κ3) is 4.56. The molecule has 3 aromatic rings. The highest BCUT2D eigenvalue weighted by molar-refractivity contribution is 6.30. The van der Waals surface area contributed by atoms with Crippen molar-refractivity contribution in [3.8, 4) is 11.8 Å². The van der Waals surface area contributed by atoms with Crippen molar-refractivity contribution < 1.29 is 9.53 Å². The monoisotopic (exact) mass is 360 g/mol. The predicted molar refractivity (Wildman–Crippen MR) is 101 cm³/mol. The molecule has 0 heterocycles. The van der Waals surface area contributed by atoms with Crippen molar-refractivity contribution in [3.05, 3.63) is 94.5 Å². The van der Waals surface area contributed by atoms with Gasteiger partial charge in [-0.1, -0.05) is 23.7 Å². The number of nitriles is 1. The van der Waals surface area contributed by atoms with E-state index in [-0.39, 0.29) is 0 Å². The first kappa shape index (κ1) is 17.4. The standard InChI is InChI=1S/C21H13ClN2O2/c22-18-7-1-16(2-8-18)14-24-19-9-5-17(6-10-19)21(25)26-20-11-3-15(13-23)4-12-20/h1-12,14H. The van der Waals surface area contributed by atoms with Crippen LogP contribution in [0, 0.1) is 11.3 Å². The van der Waals surface area contributed by atoms with Crippen LogP contribution in [-0.2, 0) is 0 Å². The maximum Gasteiger partial charge on any atom is 0.343 e. The Labute approximate surface area is 156 Å². The van der Waals surface area contributed by atoms with Gasteiger partial charge in [0.05, 0.1) is 22.9 Å². The minimum atomic E-state index is -0.470. The van der Waals surface area contributed by atoms with Gasteiger partial charge in [-0.05, 0) is 66.2 Å². The van der Waals surface area contributed by atoms with E-state index in [1.165, 1.54) is 0 Å². The van der Waals surface area contributed by atoms with E-state index in [4.69, 9.17) is 21.6 Å². The second kappa shape index (κ2) is 8.11. The SMILES string of the molecule is N#Cc1ccc(OC(=O)c2ccc(N=Cc3ccc(Cl)cc3)cc2)cc1. The number of aliphatic imine (C=N–C) groups is 1. The van der Waals surface area contributed by atoms with Gasteiger partial charge >= 0.3 is 5.97 Å². The van der Waals surface area contributed by atoms with E-state index in [0.29, 0.717) is 21.9 Å². The van der Waals surface area contributed by atoms with Crippen LogP contribution >= 0.6 is 11.6 Å². The van der Waals surface area contributed by atoms with Crippen molar-refractivity contribution in [3.63, 3.8) is 0 Å². The fraction of sp³-hybridized carbons (Fsp3) is 0. The lowest BCUT2D eigenvalue weighted by atomic mass is 10.2. The third-order valence-corrected chi connectivity index (χ3v) is 3.78. The zero-order chi connectivity index (χ0) is 18.4. The highest BCUT2D eigenvalue weighted by Gasteiger charge is 2.08. The van der Waals surface area contributed by atoms with Crippen LogP contribution in [0.25, 0.3) is 0 Å². The Morgan fingerprint density at radius 3 is 2.23 bits per heavy atom. The molecule has 0 bridgehead atoms. The second-order valence-corrected chi connectivity index (χ2v) is 5.82. The Morgan fingerprint density at radius 2 is 1.62 bits per heavy atom.